The minimum absolute atomic E-state index is 0.0857. The Labute approximate surface area is 181 Å². The summed E-state index contributed by atoms with van der Waals surface area (Å²) in [5.74, 6) is -0.0857. The van der Waals surface area contributed by atoms with Crippen molar-refractivity contribution >= 4 is 35.0 Å². The van der Waals surface area contributed by atoms with Gasteiger partial charge in [0.1, 0.15) is 0 Å². The first-order chi connectivity index (χ1) is 13.9. The third-order valence-corrected chi connectivity index (χ3v) is 5.50. The number of amides is 1. The molecule has 2 aromatic carbocycles. The first kappa shape index (κ1) is 22.6. The van der Waals surface area contributed by atoms with E-state index in [1.807, 2.05) is 30.3 Å². The molecular weight excluding hydrogens is 402 g/mol. The van der Waals surface area contributed by atoms with E-state index in [0.29, 0.717) is 42.0 Å². The zero-order valence-electron chi connectivity index (χ0n) is 16.2. The number of hydrogen-bond donors (Lipinski definition) is 2. The number of allylic oxidation sites excluding steroid dienone is 1. The van der Waals surface area contributed by atoms with E-state index in [1.54, 1.807) is 18.2 Å². The van der Waals surface area contributed by atoms with E-state index in [-0.39, 0.29) is 11.9 Å². The molecule has 0 saturated carbocycles. The molecule has 29 heavy (non-hydrogen) atoms. The van der Waals surface area contributed by atoms with E-state index in [0.717, 1.165) is 15.4 Å². The lowest BCUT2D eigenvalue weighted by Gasteiger charge is -2.19. The van der Waals surface area contributed by atoms with Crippen LogP contribution >= 0.6 is 23.4 Å². The summed E-state index contributed by atoms with van der Waals surface area (Å²) in [4.78, 5) is 14.1. The van der Waals surface area contributed by atoms with Crippen LogP contribution in [0.5, 0.6) is 0 Å². The van der Waals surface area contributed by atoms with E-state index in [4.69, 9.17) is 22.6 Å². The van der Waals surface area contributed by atoms with Gasteiger partial charge in [-0.1, -0.05) is 66.9 Å². The van der Waals surface area contributed by atoms with Gasteiger partial charge in [0.15, 0.2) is 0 Å². The Morgan fingerprint density at radius 1 is 1.21 bits per heavy atom. The van der Waals surface area contributed by atoms with Gasteiger partial charge in [-0.2, -0.15) is 5.26 Å². The van der Waals surface area contributed by atoms with Gasteiger partial charge in [-0.05, 0) is 41.5 Å². The number of benzene rings is 2. The van der Waals surface area contributed by atoms with Crippen LogP contribution in [0, 0.1) is 11.3 Å². The van der Waals surface area contributed by atoms with Crippen molar-refractivity contribution in [1.29, 1.82) is 5.26 Å². The summed E-state index contributed by atoms with van der Waals surface area (Å²) >= 11 is 7.43. The maximum Gasteiger partial charge on any atom is 0.220 e. The third kappa shape index (κ3) is 8.06. The van der Waals surface area contributed by atoms with E-state index >= 15 is 0 Å². The number of rotatable bonds is 10. The van der Waals surface area contributed by atoms with Crippen molar-refractivity contribution in [2.45, 2.75) is 36.6 Å². The summed E-state index contributed by atoms with van der Waals surface area (Å²) < 4.78 is 0. The number of hydrogen-bond acceptors (Lipinski definition) is 4. The van der Waals surface area contributed by atoms with Crippen LogP contribution in [-0.2, 0) is 11.2 Å². The molecule has 3 N–H and O–H groups in total. The second-order valence-corrected chi connectivity index (χ2v) is 8.35. The number of anilines is 1. The van der Waals surface area contributed by atoms with Crippen molar-refractivity contribution < 1.29 is 4.79 Å². The predicted octanol–water partition coefficient (Wildman–Crippen LogP) is 5.51. The molecule has 1 atom stereocenters. The molecule has 0 aliphatic heterocycles. The summed E-state index contributed by atoms with van der Waals surface area (Å²) in [5.41, 5.74) is 8.13. The number of thioether (sulfide) groups is 1. The van der Waals surface area contributed by atoms with Gasteiger partial charge in [-0.3, -0.25) is 4.79 Å². The van der Waals surface area contributed by atoms with Crippen molar-refractivity contribution in [3.63, 3.8) is 0 Å². The Kier molecular flexibility index (Phi) is 8.85. The van der Waals surface area contributed by atoms with Gasteiger partial charge >= 0.3 is 0 Å². The molecule has 0 spiro atoms. The number of carbonyl (C=O) groups is 1. The van der Waals surface area contributed by atoms with Crippen LogP contribution in [0.1, 0.15) is 24.8 Å². The molecule has 150 valence electrons. The smallest absolute Gasteiger partial charge is 0.220 e. The summed E-state index contributed by atoms with van der Waals surface area (Å²) in [6.07, 6.45) is 1.88. The zero-order chi connectivity index (χ0) is 21.2. The summed E-state index contributed by atoms with van der Waals surface area (Å²) in [6.45, 7) is 7.77. The first-order valence-corrected chi connectivity index (χ1v) is 10.4. The molecule has 0 bridgehead atoms. The Balaban J connectivity index is 1.89. The molecular formula is C23H24ClN3OS. The molecule has 0 radical (unpaired) electrons. The Morgan fingerprint density at radius 3 is 2.62 bits per heavy atom. The molecule has 0 aliphatic rings. The minimum atomic E-state index is -0.179. The van der Waals surface area contributed by atoms with Gasteiger partial charge in [0.2, 0.25) is 5.91 Å². The topological polar surface area (TPSA) is 78.9 Å². The molecule has 0 aromatic heterocycles. The lowest BCUT2D eigenvalue weighted by Crippen LogP contribution is -2.36. The van der Waals surface area contributed by atoms with Crippen molar-refractivity contribution in [1.82, 2.24) is 5.32 Å². The molecule has 6 heteroatoms. The fourth-order valence-electron chi connectivity index (χ4n) is 2.77. The molecule has 1 amide bonds. The zero-order valence-corrected chi connectivity index (χ0v) is 17.7. The largest absolute Gasteiger partial charge is 0.398 e. The van der Waals surface area contributed by atoms with Gasteiger partial charge in [-0.25, -0.2) is 0 Å². The van der Waals surface area contributed by atoms with Gasteiger partial charge in [0, 0.05) is 40.1 Å². The molecule has 0 aliphatic carbocycles. The molecule has 0 fully saturated rings. The predicted molar refractivity (Wildman–Crippen MR) is 122 cm³/mol. The first-order valence-electron chi connectivity index (χ1n) is 9.19. The molecule has 2 rings (SSSR count). The lowest BCUT2D eigenvalue weighted by molar-refractivity contribution is -0.121. The highest BCUT2D eigenvalue weighted by molar-refractivity contribution is 8.03. The third-order valence-electron chi connectivity index (χ3n) is 4.20. The van der Waals surface area contributed by atoms with Crippen LogP contribution < -0.4 is 11.1 Å². The van der Waals surface area contributed by atoms with E-state index in [1.165, 1.54) is 11.8 Å². The molecule has 0 heterocycles. The second kappa shape index (κ2) is 11.4. The van der Waals surface area contributed by atoms with Crippen LogP contribution in [-0.4, -0.2) is 11.9 Å². The second-order valence-electron chi connectivity index (χ2n) is 6.70. The van der Waals surface area contributed by atoms with Gasteiger partial charge in [0.05, 0.1) is 6.07 Å². The lowest BCUT2D eigenvalue weighted by atomic mass is 10.00. The van der Waals surface area contributed by atoms with Crippen molar-refractivity contribution in [2.24, 2.45) is 0 Å². The van der Waals surface area contributed by atoms with E-state index < -0.39 is 0 Å². The number of nitrogens with one attached hydrogen (secondary N) is 1. The highest BCUT2D eigenvalue weighted by Crippen LogP contribution is 2.34. The number of nitrogens with two attached hydrogens (primary N) is 1. The standard InChI is InChI=1S/C23H24ClN3OS/c1-16(15-25)12-20(13-18-6-4-3-5-7-18)27-23(28)11-8-17(2)29-22-14-19(24)9-10-21(22)26/h3-7,9-10,14,20H,1-2,8,11-13,26H2,(H,27,28). The number of carbonyl (C=O) groups excluding carboxylic acids is 1. The average molecular weight is 426 g/mol. The van der Waals surface area contributed by atoms with E-state index in [2.05, 4.69) is 24.5 Å². The van der Waals surface area contributed by atoms with E-state index in [9.17, 15) is 4.79 Å². The Morgan fingerprint density at radius 2 is 1.93 bits per heavy atom. The monoisotopic (exact) mass is 425 g/mol. The van der Waals surface area contributed by atoms with Gasteiger partial charge < -0.3 is 11.1 Å². The van der Waals surface area contributed by atoms with Crippen LogP contribution in [0.25, 0.3) is 0 Å². The van der Waals surface area contributed by atoms with Crippen molar-refractivity contribution in [3.8, 4) is 6.07 Å². The normalized spacial score (nSPS) is 11.3. The maximum atomic E-state index is 12.5. The van der Waals surface area contributed by atoms with Crippen molar-refractivity contribution in [2.75, 3.05) is 5.73 Å². The fourth-order valence-corrected chi connectivity index (χ4v) is 3.90. The number of halogens is 1. The van der Waals surface area contributed by atoms with Crippen LogP contribution in [0.3, 0.4) is 0 Å². The summed E-state index contributed by atoms with van der Waals surface area (Å²) in [6, 6.07) is 17.0. The number of nitrogens with zero attached hydrogens (tertiary/aromatic N) is 1. The highest BCUT2D eigenvalue weighted by Gasteiger charge is 2.15. The minimum Gasteiger partial charge on any atom is -0.398 e. The fraction of sp³-hybridized carbons (Fsp3) is 0.217. The Bertz CT molecular complexity index is 921. The number of nitrogen functional groups attached to an aromatic ring is 1. The maximum absolute atomic E-state index is 12.5. The summed E-state index contributed by atoms with van der Waals surface area (Å²) in [7, 11) is 0. The molecule has 1 unspecified atom stereocenters. The van der Waals surface area contributed by atoms with Gasteiger partial charge in [-0.15, -0.1) is 0 Å². The Hall–Kier alpha value is -2.68. The van der Waals surface area contributed by atoms with Gasteiger partial charge in [0.25, 0.3) is 0 Å². The van der Waals surface area contributed by atoms with Crippen LogP contribution in [0.15, 0.2) is 77.1 Å². The molecule has 2 aromatic rings. The molecule has 4 nitrogen and oxygen atoms in total. The average Bonchev–Trinajstić information content (AvgIpc) is 2.69. The summed E-state index contributed by atoms with van der Waals surface area (Å²) in [5, 5.41) is 12.7. The van der Waals surface area contributed by atoms with Crippen LogP contribution in [0.4, 0.5) is 5.69 Å². The highest BCUT2D eigenvalue weighted by atomic mass is 35.5. The van der Waals surface area contributed by atoms with Crippen LogP contribution in [0.2, 0.25) is 5.02 Å². The number of nitriles is 1. The van der Waals surface area contributed by atoms with Crippen molar-refractivity contribution in [3.05, 3.63) is 82.8 Å². The quantitative estimate of drug-likeness (QED) is 0.299. The SMILES string of the molecule is C=C(C#N)CC(Cc1ccccc1)NC(=O)CCC(=C)Sc1cc(Cl)ccc1N. The molecule has 0 saturated heterocycles.